The molecule has 0 amide bonds. The van der Waals surface area contributed by atoms with Crippen LogP contribution in [0.25, 0.3) is 0 Å². The number of rotatable bonds is 6. The van der Waals surface area contributed by atoms with Crippen LogP contribution >= 0.6 is 0 Å². The van der Waals surface area contributed by atoms with E-state index in [1.54, 1.807) is 0 Å². The Bertz CT molecular complexity index is 595. The molecule has 112 valence electrons. The van der Waals surface area contributed by atoms with Crippen molar-refractivity contribution in [1.82, 2.24) is 20.5 Å². The minimum Gasteiger partial charge on any atom is -0.306 e. The van der Waals surface area contributed by atoms with Crippen molar-refractivity contribution < 1.29 is 0 Å². The van der Waals surface area contributed by atoms with Crippen molar-refractivity contribution >= 4 is 0 Å². The summed E-state index contributed by atoms with van der Waals surface area (Å²) in [5.74, 6) is 0. The Balaban J connectivity index is 2.47. The summed E-state index contributed by atoms with van der Waals surface area (Å²) in [5, 5.41) is 12.2. The van der Waals surface area contributed by atoms with Crippen LogP contribution in [0.4, 0.5) is 0 Å². The summed E-state index contributed by atoms with van der Waals surface area (Å²) in [6.07, 6.45) is 5.80. The van der Waals surface area contributed by atoms with E-state index >= 15 is 0 Å². The third-order valence-corrected chi connectivity index (χ3v) is 3.50. The highest BCUT2D eigenvalue weighted by molar-refractivity contribution is 5.34. The van der Waals surface area contributed by atoms with Crippen molar-refractivity contribution in [2.24, 2.45) is 0 Å². The Hall–Kier alpha value is -1.81. The molecule has 0 aromatic carbocycles. The molecule has 0 saturated carbocycles. The van der Waals surface area contributed by atoms with E-state index in [1.807, 2.05) is 19.3 Å². The summed E-state index contributed by atoms with van der Waals surface area (Å²) in [4.78, 5) is 4.34. The second-order valence-corrected chi connectivity index (χ2v) is 5.42. The Kier molecular flexibility index (Phi) is 5.39. The summed E-state index contributed by atoms with van der Waals surface area (Å²) < 4.78 is 0. The van der Waals surface area contributed by atoms with Gasteiger partial charge in [0.25, 0.3) is 0 Å². The average Bonchev–Trinajstić information content (AvgIpc) is 2.48. The van der Waals surface area contributed by atoms with Gasteiger partial charge in [-0.2, -0.15) is 10.2 Å². The lowest BCUT2D eigenvalue weighted by Crippen LogP contribution is -2.25. The maximum absolute atomic E-state index is 4.36. The normalized spacial score (nSPS) is 12.4. The van der Waals surface area contributed by atoms with Crippen LogP contribution < -0.4 is 5.32 Å². The van der Waals surface area contributed by atoms with Crippen LogP contribution in [0.15, 0.2) is 24.5 Å². The molecule has 1 atom stereocenters. The van der Waals surface area contributed by atoms with Gasteiger partial charge in [0.05, 0.1) is 17.4 Å². The summed E-state index contributed by atoms with van der Waals surface area (Å²) in [6, 6.07) is 4.46. The average molecular weight is 284 g/mol. The molecule has 0 aliphatic heterocycles. The predicted molar refractivity (Wildman–Crippen MR) is 85.3 cm³/mol. The highest BCUT2D eigenvalue weighted by Crippen LogP contribution is 2.25. The molecule has 4 nitrogen and oxygen atoms in total. The van der Waals surface area contributed by atoms with Crippen LogP contribution in [0.2, 0.25) is 0 Å². The molecule has 2 aromatic heterocycles. The number of nitrogens with zero attached hydrogens (tertiary/aromatic N) is 3. The fourth-order valence-corrected chi connectivity index (χ4v) is 2.49. The zero-order valence-corrected chi connectivity index (χ0v) is 13.3. The predicted octanol–water partition coefficient (Wildman–Crippen LogP) is 3.14. The Morgan fingerprint density at radius 2 is 1.90 bits per heavy atom. The molecule has 0 aliphatic rings. The minimum atomic E-state index is 0.126. The van der Waals surface area contributed by atoms with Gasteiger partial charge in [0.15, 0.2) is 0 Å². The first-order chi connectivity index (χ1) is 10.2. The topological polar surface area (TPSA) is 50.7 Å². The van der Waals surface area contributed by atoms with E-state index < -0.39 is 0 Å². The van der Waals surface area contributed by atoms with Crippen molar-refractivity contribution in [3.8, 4) is 0 Å². The van der Waals surface area contributed by atoms with Crippen LogP contribution in [0.5, 0.6) is 0 Å². The molecular weight excluding hydrogens is 260 g/mol. The lowest BCUT2D eigenvalue weighted by molar-refractivity contribution is 0.586. The van der Waals surface area contributed by atoms with Crippen molar-refractivity contribution in [2.45, 2.75) is 46.6 Å². The molecule has 0 spiro atoms. The smallest absolute Gasteiger partial charge is 0.0679 e. The van der Waals surface area contributed by atoms with E-state index in [4.69, 9.17) is 0 Å². The molecule has 4 heteroatoms. The fraction of sp³-hybridized carbons (Fsp3) is 0.471. The van der Waals surface area contributed by atoms with E-state index in [0.717, 1.165) is 30.8 Å². The van der Waals surface area contributed by atoms with Gasteiger partial charge in [0.1, 0.15) is 0 Å². The first-order valence-corrected chi connectivity index (χ1v) is 7.63. The van der Waals surface area contributed by atoms with Gasteiger partial charge in [-0.3, -0.25) is 4.98 Å². The largest absolute Gasteiger partial charge is 0.306 e. The van der Waals surface area contributed by atoms with Crippen LogP contribution in [0.3, 0.4) is 0 Å². The highest BCUT2D eigenvalue weighted by Gasteiger charge is 2.18. The minimum absolute atomic E-state index is 0.126. The first kappa shape index (κ1) is 15.6. The van der Waals surface area contributed by atoms with Crippen molar-refractivity contribution in [1.29, 1.82) is 0 Å². The van der Waals surface area contributed by atoms with Crippen molar-refractivity contribution in [3.63, 3.8) is 0 Å². The number of nitrogens with one attached hydrogen (secondary N) is 1. The zero-order valence-electron chi connectivity index (χ0n) is 13.3. The van der Waals surface area contributed by atoms with Crippen LogP contribution in [0, 0.1) is 13.8 Å². The molecule has 0 aliphatic carbocycles. The van der Waals surface area contributed by atoms with E-state index in [-0.39, 0.29) is 6.04 Å². The molecule has 0 saturated heterocycles. The van der Waals surface area contributed by atoms with Gasteiger partial charge in [-0.25, -0.2) is 0 Å². The number of aryl methyl sites for hydroxylation is 3. The van der Waals surface area contributed by atoms with Crippen LogP contribution in [0.1, 0.15) is 54.4 Å². The fourth-order valence-electron chi connectivity index (χ4n) is 2.49. The zero-order chi connectivity index (χ0) is 15.2. The molecule has 0 bridgehead atoms. The van der Waals surface area contributed by atoms with Gasteiger partial charge in [-0.1, -0.05) is 19.9 Å². The summed E-state index contributed by atoms with van der Waals surface area (Å²) >= 11 is 0. The second kappa shape index (κ2) is 7.27. The number of pyridine rings is 1. The van der Waals surface area contributed by atoms with Gasteiger partial charge in [-0.15, -0.1) is 0 Å². The lowest BCUT2D eigenvalue weighted by atomic mass is 9.96. The quantitative estimate of drug-likeness (QED) is 0.885. The molecule has 0 fully saturated rings. The molecule has 2 heterocycles. The van der Waals surface area contributed by atoms with Gasteiger partial charge < -0.3 is 5.32 Å². The van der Waals surface area contributed by atoms with E-state index in [1.165, 1.54) is 16.7 Å². The lowest BCUT2D eigenvalue weighted by Gasteiger charge is -2.21. The maximum atomic E-state index is 4.36. The summed E-state index contributed by atoms with van der Waals surface area (Å²) in [7, 11) is 0. The second-order valence-electron chi connectivity index (χ2n) is 5.42. The van der Waals surface area contributed by atoms with E-state index in [2.05, 4.69) is 53.4 Å². The first-order valence-electron chi connectivity index (χ1n) is 7.63. The van der Waals surface area contributed by atoms with Gasteiger partial charge in [0, 0.05) is 12.4 Å². The molecule has 1 N–H and O–H groups in total. The molecular formula is C17H24N4. The van der Waals surface area contributed by atoms with Gasteiger partial charge >= 0.3 is 0 Å². The number of hydrogen-bond acceptors (Lipinski definition) is 4. The standard InChI is InChI=1S/C17H24N4/c1-5-7-19-17(14-8-12(3)10-18-11-14)15-9-13(4)20-21-16(15)6-2/h8-11,17,19H,5-7H2,1-4H3. The van der Waals surface area contributed by atoms with Crippen LogP contribution in [-0.4, -0.2) is 21.7 Å². The Morgan fingerprint density at radius 3 is 2.57 bits per heavy atom. The van der Waals surface area contributed by atoms with Crippen molar-refractivity contribution in [2.75, 3.05) is 6.54 Å². The Labute approximate surface area is 127 Å². The number of hydrogen-bond donors (Lipinski definition) is 1. The van der Waals surface area contributed by atoms with E-state index in [9.17, 15) is 0 Å². The molecule has 2 rings (SSSR count). The monoisotopic (exact) mass is 284 g/mol. The molecule has 0 radical (unpaired) electrons. The van der Waals surface area contributed by atoms with Gasteiger partial charge in [-0.05, 0) is 56.0 Å². The number of aromatic nitrogens is 3. The van der Waals surface area contributed by atoms with Gasteiger partial charge in [0.2, 0.25) is 0 Å². The highest BCUT2D eigenvalue weighted by atomic mass is 15.1. The third kappa shape index (κ3) is 3.85. The Morgan fingerprint density at radius 1 is 1.10 bits per heavy atom. The molecule has 2 aromatic rings. The van der Waals surface area contributed by atoms with Crippen molar-refractivity contribution in [3.05, 3.63) is 52.6 Å². The summed E-state index contributed by atoms with van der Waals surface area (Å²) in [6.45, 7) is 9.32. The SMILES string of the molecule is CCCNC(c1cncc(C)c1)c1cc(C)nnc1CC. The van der Waals surface area contributed by atoms with Crippen LogP contribution in [-0.2, 0) is 6.42 Å². The maximum Gasteiger partial charge on any atom is 0.0679 e. The molecule has 1 unspecified atom stereocenters. The third-order valence-electron chi connectivity index (χ3n) is 3.50. The molecule has 21 heavy (non-hydrogen) atoms. The van der Waals surface area contributed by atoms with E-state index in [0.29, 0.717) is 0 Å². The summed E-state index contributed by atoms with van der Waals surface area (Å²) in [5.41, 5.74) is 5.57.